The predicted molar refractivity (Wildman–Crippen MR) is 78.9 cm³/mol. The standard InChI is InChI=1S/C14H23N5O/c1-10(15-2)11-6-8-19(9-7-11)13-5-4-12(17-18-13)14(20)16-3/h4-5,10-11,15H,6-9H2,1-3H3,(H,16,20). The van der Waals surface area contributed by atoms with Gasteiger partial charge in [0, 0.05) is 26.2 Å². The summed E-state index contributed by atoms with van der Waals surface area (Å²) in [5.74, 6) is 1.37. The molecule has 20 heavy (non-hydrogen) atoms. The summed E-state index contributed by atoms with van der Waals surface area (Å²) in [6, 6.07) is 4.15. The molecule has 110 valence electrons. The van der Waals surface area contributed by atoms with Crippen LogP contribution in [-0.2, 0) is 0 Å². The van der Waals surface area contributed by atoms with Gasteiger partial charge in [-0.2, -0.15) is 0 Å². The van der Waals surface area contributed by atoms with Crippen LogP contribution in [0.3, 0.4) is 0 Å². The molecule has 1 amide bonds. The Kier molecular flexibility index (Phi) is 4.89. The number of carbonyl (C=O) groups excluding carboxylic acids is 1. The molecule has 1 aliphatic heterocycles. The van der Waals surface area contributed by atoms with Crippen LogP contribution in [0.25, 0.3) is 0 Å². The molecule has 0 saturated carbocycles. The molecule has 0 bridgehead atoms. The molecule has 1 fully saturated rings. The van der Waals surface area contributed by atoms with E-state index in [4.69, 9.17) is 0 Å². The van der Waals surface area contributed by atoms with Gasteiger partial charge in [-0.05, 0) is 44.9 Å². The Morgan fingerprint density at radius 2 is 2.00 bits per heavy atom. The zero-order chi connectivity index (χ0) is 14.5. The van der Waals surface area contributed by atoms with E-state index in [1.165, 1.54) is 0 Å². The first-order valence-electron chi connectivity index (χ1n) is 7.13. The van der Waals surface area contributed by atoms with Gasteiger partial charge in [-0.1, -0.05) is 0 Å². The number of carbonyl (C=O) groups is 1. The SMILES string of the molecule is CNC(=O)c1ccc(N2CCC(C(C)NC)CC2)nn1. The minimum absolute atomic E-state index is 0.203. The third-order valence-corrected chi connectivity index (χ3v) is 4.14. The Bertz CT molecular complexity index is 439. The van der Waals surface area contributed by atoms with Gasteiger partial charge >= 0.3 is 0 Å². The average Bonchev–Trinajstić information content (AvgIpc) is 2.53. The van der Waals surface area contributed by atoms with E-state index < -0.39 is 0 Å². The van der Waals surface area contributed by atoms with Gasteiger partial charge in [0.15, 0.2) is 11.5 Å². The molecule has 6 heteroatoms. The molecule has 1 unspecified atom stereocenters. The van der Waals surface area contributed by atoms with E-state index in [1.54, 1.807) is 13.1 Å². The van der Waals surface area contributed by atoms with Gasteiger partial charge < -0.3 is 15.5 Å². The first kappa shape index (κ1) is 14.7. The summed E-state index contributed by atoms with van der Waals surface area (Å²) in [6.07, 6.45) is 2.31. The number of hydrogen-bond acceptors (Lipinski definition) is 5. The lowest BCUT2D eigenvalue weighted by molar-refractivity contribution is 0.0957. The Morgan fingerprint density at radius 1 is 1.30 bits per heavy atom. The monoisotopic (exact) mass is 277 g/mol. The van der Waals surface area contributed by atoms with Crippen molar-refractivity contribution in [2.75, 3.05) is 32.1 Å². The molecule has 0 spiro atoms. The van der Waals surface area contributed by atoms with Crippen LogP contribution in [-0.4, -0.2) is 49.3 Å². The van der Waals surface area contributed by atoms with E-state index in [-0.39, 0.29) is 5.91 Å². The lowest BCUT2D eigenvalue weighted by atomic mass is 9.90. The van der Waals surface area contributed by atoms with Crippen LogP contribution in [0.5, 0.6) is 0 Å². The highest BCUT2D eigenvalue weighted by Crippen LogP contribution is 2.23. The van der Waals surface area contributed by atoms with E-state index in [1.807, 2.05) is 13.1 Å². The molecule has 1 aromatic heterocycles. The molecule has 2 N–H and O–H groups in total. The van der Waals surface area contributed by atoms with Gasteiger partial charge in [0.25, 0.3) is 5.91 Å². The zero-order valence-electron chi connectivity index (χ0n) is 12.4. The van der Waals surface area contributed by atoms with Crippen molar-refractivity contribution in [3.05, 3.63) is 17.8 Å². The van der Waals surface area contributed by atoms with Crippen LogP contribution < -0.4 is 15.5 Å². The molecule has 2 rings (SSSR count). The molecular weight excluding hydrogens is 254 g/mol. The Labute approximate surface area is 120 Å². The van der Waals surface area contributed by atoms with Gasteiger partial charge in [-0.3, -0.25) is 4.79 Å². The lowest BCUT2D eigenvalue weighted by Crippen LogP contribution is -2.41. The third kappa shape index (κ3) is 3.25. The minimum Gasteiger partial charge on any atom is -0.355 e. The van der Waals surface area contributed by atoms with E-state index >= 15 is 0 Å². The van der Waals surface area contributed by atoms with Crippen molar-refractivity contribution in [3.8, 4) is 0 Å². The van der Waals surface area contributed by atoms with Crippen molar-refractivity contribution in [1.29, 1.82) is 0 Å². The van der Waals surface area contributed by atoms with Gasteiger partial charge in [-0.25, -0.2) is 0 Å². The fourth-order valence-corrected chi connectivity index (χ4v) is 2.61. The van der Waals surface area contributed by atoms with Crippen molar-refractivity contribution in [2.24, 2.45) is 5.92 Å². The topological polar surface area (TPSA) is 70.2 Å². The molecule has 1 aromatic rings. The molecule has 0 aliphatic carbocycles. The van der Waals surface area contributed by atoms with Crippen molar-refractivity contribution in [2.45, 2.75) is 25.8 Å². The fraction of sp³-hybridized carbons (Fsp3) is 0.643. The molecule has 1 aliphatic rings. The van der Waals surface area contributed by atoms with Gasteiger partial charge in [0.1, 0.15) is 0 Å². The van der Waals surface area contributed by atoms with Gasteiger partial charge in [-0.15, -0.1) is 10.2 Å². The Hall–Kier alpha value is -1.69. The summed E-state index contributed by atoms with van der Waals surface area (Å²) in [6.45, 7) is 4.22. The smallest absolute Gasteiger partial charge is 0.271 e. The van der Waals surface area contributed by atoms with Crippen molar-refractivity contribution in [1.82, 2.24) is 20.8 Å². The highest BCUT2D eigenvalue weighted by Gasteiger charge is 2.23. The number of anilines is 1. The van der Waals surface area contributed by atoms with E-state index in [2.05, 4.69) is 32.7 Å². The Morgan fingerprint density at radius 3 is 2.50 bits per heavy atom. The number of hydrogen-bond donors (Lipinski definition) is 2. The number of nitrogens with one attached hydrogen (secondary N) is 2. The maximum atomic E-state index is 11.4. The first-order chi connectivity index (χ1) is 9.65. The average molecular weight is 277 g/mol. The maximum Gasteiger partial charge on any atom is 0.271 e. The van der Waals surface area contributed by atoms with E-state index in [0.717, 1.165) is 31.7 Å². The molecule has 0 radical (unpaired) electrons. The molecule has 0 aromatic carbocycles. The maximum absolute atomic E-state index is 11.4. The highest BCUT2D eigenvalue weighted by atomic mass is 16.1. The van der Waals surface area contributed by atoms with Gasteiger partial charge in [0.2, 0.25) is 0 Å². The summed E-state index contributed by atoms with van der Waals surface area (Å²) in [5.41, 5.74) is 0.356. The third-order valence-electron chi connectivity index (χ3n) is 4.14. The summed E-state index contributed by atoms with van der Waals surface area (Å²) in [7, 11) is 3.60. The normalized spacial score (nSPS) is 17.9. The first-order valence-corrected chi connectivity index (χ1v) is 7.13. The predicted octanol–water partition coefficient (Wildman–Crippen LogP) is 0.661. The summed E-state index contributed by atoms with van der Waals surface area (Å²) < 4.78 is 0. The van der Waals surface area contributed by atoms with Crippen LogP contribution in [0.15, 0.2) is 12.1 Å². The summed E-state index contributed by atoms with van der Waals surface area (Å²) >= 11 is 0. The summed E-state index contributed by atoms with van der Waals surface area (Å²) in [4.78, 5) is 13.7. The summed E-state index contributed by atoms with van der Waals surface area (Å²) in [5, 5.41) is 14.0. The molecule has 2 heterocycles. The quantitative estimate of drug-likeness (QED) is 0.846. The largest absolute Gasteiger partial charge is 0.355 e. The molecule has 1 atom stereocenters. The second-order valence-electron chi connectivity index (χ2n) is 5.26. The molecular formula is C14H23N5O. The van der Waals surface area contributed by atoms with Crippen LogP contribution in [0.2, 0.25) is 0 Å². The highest BCUT2D eigenvalue weighted by molar-refractivity contribution is 5.91. The Balaban J connectivity index is 1.95. The molecule has 6 nitrogen and oxygen atoms in total. The van der Waals surface area contributed by atoms with Crippen LogP contribution in [0.4, 0.5) is 5.82 Å². The second-order valence-corrected chi connectivity index (χ2v) is 5.26. The van der Waals surface area contributed by atoms with Crippen molar-refractivity contribution < 1.29 is 4.79 Å². The number of amides is 1. The van der Waals surface area contributed by atoms with E-state index in [0.29, 0.717) is 17.7 Å². The number of piperidine rings is 1. The van der Waals surface area contributed by atoms with Crippen molar-refractivity contribution >= 4 is 11.7 Å². The van der Waals surface area contributed by atoms with Crippen molar-refractivity contribution in [3.63, 3.8) is 0 Å². The number of nitrogens with zero attached hydrogens (tertiary/aromatic N) is 3. The molecule has 1 saturated heterocycles. The second kappa shape index (κ2) is 6.65. The van der Waals surface area contributed by atoms with E-state index in [9.17, 15) is 4.79 Å². The van der Waals surface area contributed by atoms with Crippen LogP contribution >= 0.6 is 0 Å². The fourth-order valence-electron chi connectivity index (χ4n) is 2.61. The van der Waals surface area contributed by atoms with Crippen LogP contribution in [0.1, 0.15) is 30.3 Å². The van der Waals surface area contributed by atoms with Gasteiger partial charge in [0.05, 0.1) is 0 Å². The number of aromatic nitrogens is 2. The zero-order valence-corrected chi connectivity index (χ0v) is 12.4. The lowest BCUT2D eigenvalue weighted by Gasteiger charge is -2.35. The minimum atomic E-state index is -0.203. The van der Waals surface area contributed by atoms with Crippen LogP contribution in [0, 0.1) is 5.92 Å². The number of rotatable bonds is 4.